The fourth-order valence-electron chi connectivity index (χ4n) is 3.81. The van der Waals surface area contributed by atoms with Crippen molar-refractivity contribution in [1.29, 1.82) is 0 Å². The van der Waals surface area contributed by atoms with E-state index >= 15 is 0 Å². The van der Waals surface area contributed by atoms with Gasteiger partial charge in [-0.05, 0) is 45.1 Å². The molecule has 0 radical (unpaired) electrons. The first-order chi connectivity index (χ1) is 9.97. The summed E-state index contributed by atoms with van der Waals surface area (Å²) in [5.41, 5.74) is 5.14. The van der Waals surface area contributed by atoms with E-state index in [1.54, 1.807) is 0 Å². The van der Waals surface area contributed by atoms with E-state index in [9.17, 15) is 9.90 Å². The topological polar surface area (TPSA) is 69.8 Å². The second-order valence-corrected chi connectivity index (χ2v) is 6.86. The summed E-state index contributed by atoms with van der Waals surface area (Å²) in [5.74, 6) is -0.672. The van der Waals surface area contributed by atoms with Gasteiger partial charge in [0.15, 0.2) is 0 Å². The zero-order valence-corrected chi connectivity index (χ0v) is 13.6. The molecule has 2 rings (SSSR count). The lowest BCUT2D eigenvalue weighted by molar-refractivity contribution is -0.144. The first kappa shape index (κ1) is 16.7. The van der Waals surface area contributed by atoms with Crippen LogP contribution in [0, 0.1) is 5.92 Å². The molecule has 0 aromatic rings. The number of carboxylic acid groups (broad SMARTS) is 1. The summed E-state index contributed by atoms with van der Waals surface area (Å²) < 4.78 is 0. The van der Waals surface area contributed by atoms with Gasteiger partial charge >= 0.3 is 5.97 Å². The normalized spacial score (nSPS) is 33.2. The molecular weight excluding hydrogens is 266 g/mol. The molecule has 21 heavy (non-hydrogen) atoms. The molecule has 122 valence electrons. The van der Waals surface area contributed by atoms with Crippen molar-refractivity contribution in [2.45, 2.75) is 57.5 Å². The second-order valence-electron chi connectivity index (χ2n) is 6.86. The smallest absolute Gasteiger partial charge is 0.323 e. The average Bonchev–Trinajstić information content (AvgIpc) is 2.87. The Morgan fingerprint density at radius 3 is 2.62 bits per heavy atom. The zero-order valence-electron chi connectivity index (χ0n) is 13.6. The van der Waals surface area contributed by atoms with Crippen molar-refractivity contribution in [2.75, 3.05) is 32.7 Å². The van der Waals surface area contributed by atoms with Crippen molar-refractivity contribution < 1.29 is 9.90 Å². The van der Waals surface area contributed by atoms with Crippen LogP contribution in [0.2, 0.25) is 0 Å². The van der Waals surface area contributed by atoms with Gasteiger partial charge in [-0.3, -0.25) is 9.69 Å². The van der Waals surface area contributed by atoms with E-state index in [1.807, 2.05) is 0 Å². The van der Waals surface area contributed by atoms with Crippen LogP contribution in [0.25, 0.3) is 0 Å². The molecule has 3 N–H and O–H groups in total. The van der Waals surface area contributed by atoms with Gasteiger partial charge in [0.1, 0.15) is 5.54 Å². The maximum Gasteiger partial charge on any atom is 0.323 e. The predicted octanol–water partition coefficient (Wildman–Crippen LogP) is 1.37. The number of aliphatic carboxylic acids is 1. The third-order valence-electron chi connectivity index (χ3n) is 5.68. The van der Waals surface area contributed by atoms with E-state index in [0.717, 1.165) is 52.0 Å². The number of carbonyl (C=O) groups is 1. The molecule has 1 heterocycles. The Morgan fingerprint density at radius 1 is 1.38 bits per heavy atom. The van der Waals surface area contributed by atoms with Crippen molar-refractivity contribution in [2.24, 2.45) is 11.7 Å². The van der Waals surface area contributed by atoms with Crippen molar-refractivity contribution in [3.8, 4) is 0 Å². The first-order valence-corrected chi connectivity index (χ1v) is 8.46. The lowest BCUT2D eigenvalue weighted by Gasteiger charge is -2.38. The van der Waals surface area contributed by atoms with Crippen LogP contribution in [0.1, 0.15) is 46.0 Å². The van der Waals surface area contributed by atoms with E-state index in [-0.39, 0.29) is 5.92 Å². The number of piperazine rings is 1. The number of hydrogen-bond donors (Lipinski definition) is 2. The van der Waals surface area contributed by atoms with Crippen LogP contribution in [0.4, 0.5) is 0 Å². The fourth-order valence-corrected chi connectivity index (χ4v) is 3.81. The van der Waals surface area contributed by atoms with Crippen molar-refractivity contribution in [1.82, 2.24) is 9.80 Å². The van der Waals surface area contributed by atoms with E-state index in [1.165, 1.54) is 6.42 Å². The molecule has 3 unspecified atom stereocenters. The average molecular weight is 297 g/mol. The molecule has 2 fully saturated rings. The standard InChI is InChI=1S/C16H31N3O2/c1-3-13(2)19-11-9-18(10-12-19)8-6-14-5-4-7-16(14,17)15(20)21/h13-14H,3-12,17H2,1-2H3,(H,20,21). The highest BCUT2D eigenvalue weighted by atomic mass is 16.4. The van der Waals surface area contributed by atoms with Crippen LogP contribution < -0.4 is 5.73 Å². The third kappa shape index (κ3) is 3.76. The lowest BCUT2D eigenvalue weighted by atomic mass is 9.85. The van der Waals surface area contributed by atoms with Gasteiger partial charge in [0.05, 0.1) is 0 Å². The minimum absolute atomic E-state index is 0.141. The highest BCUT2D eigenvalue weighted by Gasteiger charge is 2.45. The molecule has 1 saturated carbocycles. The Labute approximate surface area is 128 Å². The lowest BCUT2D eigenvalue weighted by Crippen LogP contribution is -2.53. The van der Waals surface area contributed by atoms with Gasteiger partial charge in [-0.15, -0.1) is 0 Å². The molecule has 0 aromatic carbocycles. The van der Waals surface area contributed by atoms with Crippen LogP contribution in [0.3, 0.4) is 0 Å². The minimum Gasteiger partial charge on any atom is -0.480 e. The number of hydrogen-bond acceptors (Lipinski definition) is 4. The summed E-state index contributed by atoms with van der Waals surface area (Å²) in [4.78, 5) is 16.4. The van der Waals surface area contributed by atoms with Gasteiger partial charge in [0.2, 0.25) is 0 Å². The molecule has 5 heteroatoms. The molecule has 0 aromatic heterocycles. The largest absolute Gasteiger partial charge is 0.480 e. The molecule has 5 nitrogen and oxygen atoms in total. The van der Waals surface area contributed by atoms with Gasteiger partial charge in [0.25, 0.3) is 0 Å². The van der Waals surface area contributed by atoms with Gasteiger partial charge in [-0.2, -0.15) is 0 Å². The molecule has 0 bridgehead atoms. The third-order valence-corrected chi connectivity index (χ3v) is 5.68. The minimum atomic E-state index is -0.974. The second kappa shape index (κ2) is 7.07. The quantitative estimate of drug-likeness (QED) is 0.775. The van der Waals surface area contributed by atoms with Crippen LogP contribution in [0.5, 0.6) is 0 Å². The van der Waals surface area contributed by atoms with Gasteiger partial charge < -0.3 is 15.7 Å². The van der Waals surface area contributed by atoms with Gasteiger partial charge in [-0.1, -0.05) is 13.3 Å². The fraction of sp³-hybridized carbons (Fsp3) is 0.938. The van der Waals surface area contributed by atoms with E-state index < -0.39 is 11.5 Å². The molecule has 0 amide bonds. The van der Waals surface area contributed by atoms with Gasteiger partial charge in [-0.25, -0.2) is 0 Å². The Hall–Kier alpha value is -0.650. The summed E-state index contributed by atoms with van der Waals surface area (Å²) in [6, 6.07) is 0.672. The highest BCUT2D eigenvalue weighted by Crippen LogP contribution is 2.36. The predicted molar refractivity (Wildman–Crippen MR) is 84.3 cm³/mol. The maximum atomic E-state index is 11.4. The summed E-state index contributed by atoms with van der Waals surface area (Å²) in [7, 11) is 0. The Kier molecular flexibility index (Phi) is 5.63. The molecule has 1 aliphatic heterocycles. The first-order valence-electron chi connectivity index (χ1n) is 8.46. The molecule has 2 aliphatic rings. The summed E-state index contributed by atoms with van der Waals surface area (Å²) in [5, 5.41) is 9.36. The molecule has 1 aliphatic carbocycles. The van der Waals surface area contributed by atoms with E-state index in [0.29, 0.717) is 12.5 Å². The zero-order chi connectivity index (χ0) is 15.5. The summed E-state index contributed by atoms with van der Waals surface area (Å²) in [6.07, 6.45) is 4.68. The Bertz CT molecular complexity index is 355. The Morgan fingerprint density at radius 2 is 2.05 bits per heavy atom. The SMILES string of the molecule is CCC(C)N1CCN(CCC2CCCC2(N)C(=O)O)CC1. The highest BCUT2D eigenvalue weighted by molar-refractivity contribution is 5.79. The Balaban J connectivity index is 1.76. The van der Waals surface area contributed by atoms with Crippen molar-refractivity contribution in [3.63, 3.8) is 0 Å². The van der Waals surface area contributed by atoms with Crippen LogP contribution in [0.15, 0.2) is 0 Å². The number of nitrogens with zero attached hydrogens (tertiary/aromatic N) is 2. The van der Waals surface area contributed by atoms with Crippen LogP contribution in [-0.4, -0.2) is 65.2 Å². The number of carboxylic acids is 1. The van der Waals surface area contributed by atoms with E-state index in [2.05, 4.69) is 23.6 Å². The summed E-state index contributed by atoms with van der Waals surface area (Å²) >= 11 is 0. The number of nitrogens with two attached hydrogens (primary N) is 1. The molecular formula is C16H31N3O2. The van der Waals surface area contributed by atoms with Crippen LogP contribution in [-0.2, 0) is 4.79 Å². The van der Waals surface area contributed by atoms with Crippen molar-refractivity contribution in [3.05, 3.63) is 0 Å². The van der Waals surface area contributed by atoms with Crippen molar-refractivity contribution >= 4 is 5.97 Å². The molecule has 1 saturated heterocycles. The number of rotatable bonds is 6. The molecule has 0 spiro atoms. The molecule has 3 atom stereocenters. The van der Waals surface area contributed by atoms with Gasteiger partial charge in [0, 0.05) is 32.2 Å². The maximum absolute atomic E-state index is 11.4. The monoisotopic (exact) mass is 297 g/mol. The summed E-state index contributed by atoms with van der Waals surface area (Å²) in [6.45, 7) is 9.99. The van der Waals surface area contributed by atoms with Crippen LogP contribution >= 0.6 is 0 Å². The van der Waals surface area contributed by atoms with E-state index in [4.69, 9.17) is 5.73 Å².